The summed E-state index contributed by atoms with van der Waals surface area (Å²) in [6.45, 7) is 3.23. The van der Waals surface area contributed by atoms with Gasteiger partial charge in [-0.05, 0) is 81.7 Å². The molecule has 0 saturated carbocycles. The number of hydrogen-bond donors (Lipinski definition) is 2. The Morgan fingerprint density at radius 3 is 2.57 bits per heavy atom. The molecule has 1 saturated heterocycles. The Morgan fingerprint density at radius 2 is 1.79 bits per heavy atom. The Labute approximate surface area is 168 Å². The van der Waals surface area contributed by atoms with Gasteiger partial charge >= 0.3 is 0 Å². The third-order valence-electron chi connectivity index (χ3n) is 5.63. The quantitative estimate of drug-likeness (QED) is 0.623. The van der Waals surface area contributed by atoms with Crippen molar-refractivity contribution in [3.8, 4) is 0 Å². The minimum absolute atomic E-state index is 0.686. The molecular weight excluding hydrogens is 346 g/mol. The van der Waals surface area contributed by atoms with Crippen LogP contribution in [0.25, 0.3) is 0 Å². The molecule has 2 aromatic rings. The van der Waals surface area contributed by atoms with E-state index in [1.165, 1.54) is 63.7 Å². The van der Waals surface area contributed by atoms with Gasteiger partial charge in [0, 0.05) is 37.2 Å². The standard InChI is InChI=1S/C23H31N5/c1-3-7-19(8-4-1)13-15-24-23-25-16-14-22(27-23)26-20-9-11-21(12-10-20)28-17-5-2-6-18-28/h7,9-12,14,16H,1-6,8,13,15,17-18H2,(H2,24,25,26,27). The van der Waals surface area contributed by atoms with Gasteiger partial charge in [-0.1, -0.05) is 11.6 Å². The number of hydrogen-bond acceptors (Lipinski definition) is 5. The number of nitrogens with one attached hydrogen (secondary N) is 2. The van der Waals surface area contributed by atoms with Crippen LogP contribution < -0.4 is 15.5 Å². The van der Waals surface area contributed by atoms with Crippen molar-refractivity contribution in [3.05, 3.63) is 48.2 Å². The third kappa shape index (κ3) is 5.24. The lowest BCUT2D eigenvalue weighted by Gasteiger charge is -2.28. The lowest BCUT2D eigenvalue weighted by Crippen LogP contribution is -2.29. The number of benzene rings is 1. The van der Waals surface area contributed by atoms with Crippen molar-refractivity contribution in [1.29, 1.82) is 0 Å². The summed E-state index contributed by atoms with van der Waals surface area (Å²) in [6, 6.07) is 10.6. The van der Waals surface area contributed by atoms with Gasteiger partial charge < -0.3 is 15.5 Å². The van der Waals surface area contributed by atoms with Gasteiger partial charge in [0.25, 0.3) is 0 Å². The van der Waals surface area contributed by atoms with Crippen molar-refractivity contribution in [2.45, 2.75) is 51.4 Å². The van der Waals surface area contributed by atoms with Crippen LogP contribution in [0.5, 0.6) is 0 Å². The van der Waals surface area contributed by atoms with Crippen LogP contribution in [0.4, 0.5) is 23.1 Å². The monoisotopic (exact) mass is 377 g/mol. The summed E-state index contributed by atoms with van der Waals surface area (Å²) in [5, 5.41) is 6.75. The molecule has 1 fully saturated rings. The van der Waals surface area contributed by atoms with Crippen molar-refractivity contribution in [2.24, 2.45) is 0 Å². The summed E-state index contributed by atoms with van der Waals surface area (Å²) in [5.74, 6) is 1.51. The molecule has 148 valence electrons. The molecule has 2 heterocycles. The zero-order valence-electron chi connectivity index (χ0n) is 16.7. The minimum atomic E-state index is 0.686. The second-order valence-electron chi connectivity index (χ2n) is 7.77. The molecule has 28 heavy (non-hydrogen) atoms. The first-order valence-electron chi connectivity index (χ1n) is 10.7. The van der Waals surface area contributed by atoms with E-state index in [4.69, 9.17) is 0 Å². The maximum Gasteiger partial charge on any atom is 0.224 e. The Morgan fingerprint density at radius 1 is 0.929 bits per heavy atom. The molecule has 1 aliphatic heterocycles. The molecule has 0 spiro atoms. The fourth-order valence-electron chi connectivity index (χ4n) is 4.04. The van der Waals surface area contributed by atoms with Crippen molar-refractivity contribution < 1.29 is 0 Å². The van der Waals surface area contributed by atoms with Gasteiger partial charge in [-0.3, -0.25) is 0 Å². The van der Waals surface area contributed by atoms with Gasteiger partial charge in [0.2, 0.25) is 5.95 Å². The highest BCUT2D eigenvalue weighted by Gasteiger charge is 2.10. The Kier molecular flexibility index (Phi) is 6.43. The molecule has 1 aliphatic carbocycles. The Hall–Kier alpha value is -2.56. The van der Waals surface area contributed by atoms with E-state index in [-0.39, 0.29) is 0 Å². The normalized spacial score (nSPS) is 17.1. The molecule has 0 radical (unpaired) electrons. The number of nitrogens with zero attached hydrogens (tertiary/aromatic N) is 3. The SMILES string of the molecule is C1=C(CCNc2nccc(Nc3ccc(N4CCCCC4)cc3)n2)CCCC1. The van der Waals surface area contributed by atoms with Gasteiger partial charge in [-0.2, -0.15) is 4.98 Å². The number of aromatic nitrogens is 2. The van der Waals surface area contributed by atoms with E-state index in [2.05, 4.69) is 55.8 Å². The topological polar surface area (TPSA) is 53.1 Å². The number of allylic oxidation sites excluding steroid dienone is 1. The highest BCUT2D eigenvalue weighted by Crippen LogP contribution is 2.23. The van der Waals surface area contributed by atoms with Crippen molar-refractivity contribution in [2.75, 3.05) is 35.2 Å². The van der Waals surface area contributed by atoms with E-state index in [1.54, 1.807) is 11.8 Å². The van der Waals surface area contributed by atoms with Gasteiger partial charge in [0.1, 0.15) is 5.82 Å². The Bertz CT molecular complexity index is 778. The van der Waals surface area contributed by atoms with Crippen LogP contribution in [0.3, 0.4) is 0 Å². The van der Waals surface area contributed by atoms with E-state index in [1.807, 2.05) is 6.07 Å². The first-order chi connectivity index (χ1) is 13.9. The number of anilines is 4. The molecular formula is C23H31N5. The fourth-order valence-corrected chi connectivity index (χ4v) is 4.04. The first kappa shape index (κ1) is 18.8. The molecule has 1 aromatic heterocycles. The average Bonchev–Trinajstić information content (AvgIpc) is 2.76. The summed E-state index contributed by atoms with van der Waals surface area (Å²) in [5.41, 5.74) is 3.94. The molecule has 2 aliphatic rings. The molecule has 0 unspecified atom stereocenters. The van der Waals surface area contributed by atoms with Crippen molar-refractivity contribution >= 4 is 23.1 Å². The van der Waals surface area contributed by atoms with Crippen molar-refractivity contribution in [1.82, 2.24) is 9.97 Å². The van der Waals surface area contributed by atoms with Crippen LogP contribution in [0.1, 0.15) is 51.4 Å². The van der Waals surface area contributed by atoms with Crippen LogP contribution in [-0.2, 0) is 0 Å². The molecule has 0 atom stereocenters. The molecule has 5 nitrogen and oxygen atoms in total. The summed E-state index contributed by atoms with van der Waals surface area (Å²) < 4.78 is 0. The zero-order chi connectivity index (χ0) is 19.0. The van der Waals surface area contributed by atoms with Gasteiger partial charge in [0.05, 0.1) is 0 Å². The van der Waals surface area contributed by atoms with Crippen LogP contribution in [0, 0.1) is 0 Å². The van der Waals surface area contributed by atoms with E-state index in [0.29, 0.717) is 5.95 Å². The first-order valence-corrected chi connectivity index (χ1v) is 10.7. The summed E-state index contributed by atoms with van der Waals surface area (Å²) >= 11 is 0. The predicted octanol–water partition coefficient (Wildman–Crippen LogP) is 5.51. The summed E-state index contributed by atoms with van der Waals surface area (Å²) in [4.78, 5) is 11.4. The smallest absolute Gasteiger partial charge is 0.224 e. The van der Waals surface area contributed by atoms with E-state index >= 15 is 0 Å². The lowest BCUT2D eigenvalue weighted by molar-refractivity contribution is 0.578. The fraction of sp³-hybridized carbons (Fsp3) is 0.478. The molecule has 0 bridgehead atoms. The minimum Gasteiger partial charge on any atom is -0.372 e. The molecule has 0 amide bonds. The maximum absolute atomic E-state index is 4.60. The third-order valence-corrected chi connectivity index (χ3v) is 5.63. The summed E-state index contributed by atoms with van der Waals surface area (Å²) in [7, 11) is 0. The lowest BCUT2D eigenvalue weighted by atomic mass is 9.97. The van der Waals surface area contributed by atoms with Gasteiger partial charge in [0.15, 0.2) is 0 Å². The van der Waals surface area contributed by atoms with E-state index in [0.717, 1.165) is 24.5 Å². The number of rotatable bonds is 7. The van der Waals surface area contributed by atoms with Crippen LogP contribution in [0.15, 0.2) is 48.2 Å². The van der Waals surface area contributed by atoms with E-state index in [9.17, 15) is 0 Å². The molecule has 5 heteroatoms. The second-order valence-corrected chi connectivity index (χ2v) is 7.77. The van der Waals surface area contributed by atoms with Crippen molar-refractivity contribution in [3.63, 3.8) is 0 Å². The highest BCUT2D eigenvalue weighted by molar-refractivity contribution is 5.61. The average molecular weight is 378 g/mol. The van der Waals surface area contributed by atoms with Crippen LogP contribution in [0.2, 0.25) is 0 Å². The highest BCUT2D eigenvalue weighted by atomic mass is 15.1. The van der Waals surface area contributed by atoms with Crippen LogP contribution >= 0.6 is 0 Å². The second kappa shape index (κ2) is 9.58. The molecule has 2 N–H and O–H groups in total. The molecule has 4 rings (SSSR count). The van der Waals surface area contributed by atoms with Crippen LogP contribution in [-0.4, -0.2) is 29.6 Å². The summed E-state index contributed by atoms with van der Waals surface area (Å²) in [6.07, 6.45) is 14.4. The maximum atomic E-state index is 4.60. The number of piperidine rings is 1. The predicted molar refractivity (Wildman–Crippen MR) is 117 cm³/mol. The largest absolute Gasteiger partial charge is 0.372 e. The van der Waals surface area contributed by atoms with Gasteiger partial charge in [-0.25, -0.2) is 4.98 Å². The van der Waals surface area contributed by atoms with E-state index < -0.39 is 0 Å². The Balaban J connectivity index is 1.30. The van der Waals surface area contributed by atoms with Gasteiger partial charge in [-0.15, -0.1) is 0 Å². The molecule has 1 aromatic carbocycles. The zero-order valence-corrected chi connectivity index (χ0v) is 16.7.